The highest BCUT2D eigenvalue weighted by Crippen LogP contribution is 2.33. The Kier molecular flexibility index (Phi) is 7.95. The van der Waals surface area contributed by atoms with Gasteiger partial charge < -0.3 is 14.8 Å². The molecule has 7 nitrogen and oxygen atoms in total. The fourth-order valence-corrected chi connectivity index (χ4v) is 7.87. The standard InChI is InChI=1S/C24H30N2O5S2/c1-30-19-8-6-18(7-9-19)22(26-11-13-31-14-12-26)16-25-24(27)21-4-2-3-5-23(21)32-20-10-15-33(28,29)17-20/h2-9,20,22H,10-17H2,1H3,(H,25,27)/t20-,22-/m0/s1. The van der Waals surface area contributed by atoms with E-state index < -0.39 is 9.84 Å². The van der Waals surface area contributed by atoms with Gasteiger partial charge in [0.2, 0.25) is 0 Å². The number of rotatable bonds is 8. The van der Waals surface area contributed by atoms with Crippen LogP contribution < -0.4 is 10.1 Å². The molecule has 33 heavy (non-hydrogen) atoms. The molecule has 9 heteroatoms. The Morgan fingerprint density at radius 2 is 1.91 bits per heavy atom. The van der Waals surface area contributed by atoms with Gasteiger partial charge in [0.25, 0.3) is 5.91 Å². The zero-order chi connectivity index (χ0) is 23.3. The van der Waals surface area contributed by atoms with Gasteiger partial charge in [0, 0.05) is 29.8 Å². The molecule has 2 aromatic carbocycles. The minimum Gasteiger partial charge on any atom is -0.497 e. The lowest BCUT2D eigenvalue weighted by Crippen LogP contribution is -2.43. The van der Waals surface area contributed by atoms with Crippen molar-refractivity contribution in [2.45, 2.75) is 22.6 Å². The number of sulfone groups is 1. The number of carbonyl (C=O) groups excluding carboxylic acids is 1. The summed E-state index contributed by atoms with van der Waals surface area (Å²) in [6.45, 7) is 3.40. The average molecular weight is 491 g/mol. The molecule has 2 heterocycles. The summed E-state index contributed by atoms with van der Waals surface area (Å²) in [6.07, 6.45) is 0.625. The monoisotopic (exact) mass is 490 g/mol. The van der Waals surface area contributed by atoms with E-state index in [2.05, 4.69) is 10.2 Å². The zero-order valence-electron chi connectivity index (χ0n) is 18.7. The van der Waals surface area contributed by atoms with E-state index in [0.717, 1.165) is 29.3 Å². The van der Waals surface area contributed by atoms with Crippen molar-refractivity contribution < 1.29 is 22.7 Å². The molecule has 2 aromatic rings. The lowest BCUT2D eigenvalue weighted by molar-refractivity contribution is 0.0162. The van der Waals surface area contributed by atoms with E-state index in [1.807, 2.05) is 42.5 Å². The summed E-state index contributed by atoms with van der Waals surface area (Å²) in [4.78, 5) is 16.3. The van der Waals surface area contributed by atoms with Gasteiger partial charge in [0.1, 0.15) is 5.75 Å². The van der Waals surface area contributed by atoms with Crippen LogP contribution in [0.5, 0.6) is 5.75 Å². The third kappa shape index (κ3) is 6.29. The van der Waals surface area contributed by atoms with Crippen LogP contribution in [0.2, 0.25) is 0 Å². The topological polar surface area (TPSA) is 84.9 Å². The molecule has 0 radical (unpaired) electrons. The van der Waals surface area contributed by atoms with Gasteiger partial charge in [-0.3, -0.25) is 9.69 Å². The second-order valence-corrected chi connectivity index (χ2v) is 11.9. The predicted molar refractivity (Wildman–Crippen MR) is 130 cm³/mol. The number of ether oxygens (including phenoxy) is 2. The van der Waals surface area contributed by atoms with Crippen LogP contribution in [0.3, 0.4) is 0 Å². The van der Waals surface area contributed by atoms with E-state index >= 15 is 0 Å². The Morgan fingerprint density at radius 1 is 1.18 bits per heavy atom. The first-order valence-corrected chi connectivity index (χ1v) is 13.9. The van der Waals surface area contributed by atoms with Crippen molar-refractivity contribution in [3.63, 3.8) is 0 Å². The van der Waals surface area contributed by atoms with E-state index in [9.17, 15) is 13.2 Å². The van der Waals surface area contributed by atoms with E-state index in [1.54, 1.807) is 13.2 Å². The van der Waals surface area contributed by atoms with E-state index in [4.69, 9.17) is 9.47 Å². The zero-order valence-corrected chi connectivity index (χ0v) is 20.4. The van der Waals surface area contributed by atoms with Crippen LogP contribution in [0.25, 0.3) is 0 Å². The van der Waals surface area contributed by atoms with Crippen molar-refractivity contribution >= 4 is 27.5 Å². The summed E-state index contributed by atoms with van der Waals surface area (Å²) in [5.41, 5.74) is 1.69. The second-order valence-electron chi connectivity index (χ2n) is 8.29. The normalized spacial score (nSPS) is 21.4. The molecule has 178 valence electrons. The molecule has 4 rings (SSSR count). The minimum atomic E-state index is -2.96. The van der Waals surface area contributed by atoms with Crippen molar-refractivity contribution in [3.8, 4) is 5.75 Å². The second kappa shape index (κ2) is 10.9. The van der Waals surface area contributed by atoms with Gasteiger partial charge >= 0.3 is 0 Å². The highest BCUT2D eigenvalue weighted by molar-refractivity contribution is 8.02. The number of methoxy groups -OCH3 is 1. The third-order valence-corrected chi connectivity index (χ3v) is 9.38. The largest absolute Gasteiger partial charge is 0.497 e. The van der Waals surface area contributed by atoms with Crippen LogP contribution >= 0.6 is 11.8 Å². The lowest BCUT2D eigenvalue weighted by Gasteiger charge is -2.35. The molecule has 0 spiro atoms. The molecule has 0 bridgehead atoms. The number of morpholine rings is 1. The van der Waals surface area contributed by atoms with Gasteiger partial charge in [-0.1, -0.05) is 24.3 Å². The number of nitrogens with one attached hydrogen (secondary N) is 1. The Morgan fingerprint density at radius 3 is 2.58 bits per heavy atom. The molecule has 2 aliphatic heterocycles. The fraction of sp³-hybridized carbons (Fsp3) is 0.458. The number of nitrogens with zero attached hydrogens (tertiary/aromatic N) is 1. The van der Waals surface area contributed by atoms with Gasteiger partial charge in [-0.15, -0.1) is 11.8 Å². The molecule has 2 saturated heterocycles. The number of hydrogen-bond acceptors (Lipinski definition) is 7. The number of benzene rings is 2. The molecular weight excluding hydrogens is 460 g/mol. The summed E-state index contributed by atoms with van der Waals surface area (Å²) in [7, 11) is -1.32. The summed E-state index contributed by atoms with van der Waals surface area (Å²) < 4.78 is 34.5. The van der Waals surface area contributed by atoms with E-state index in [1.165, 1.54) is 11.8 Å². The Balaban J connectivity index is 1.47. The van der Waals surface area contributed by atoms with Crippen molar-refractivity contribution in [3.05, 3.63) is 59.7 Å². The quantitative estimate of drug-likeness (QED) is 0.609. The van der Waals surface area contributed by atoms with E-state index in [0.29, 0.717) is 31.7 Å². The molecule has 2 atom stereocenters. The maximum Gasteiger partial charge on any atom is 0.252 e. The first-order valence-electron chi connectivity index (χ1n) is 11.2. The van der Waals surface area contributed by atoms with Gasteiger partial charge in [-0.25, -0.2) is 8.42 Å². The molecule has 0 aliphatic carbocycles. The Hall–Kier alpha value is -2.07. The van der Waals surface area contributed by atoms with Crippen LogP contribution in [-0.2, 0) is 14.6 Å². The number of amides is 1. The summed E-state index contributed by atoms with van der Waals surface area (Å²) in [5, 5.41) is 3.11. The van der Waals surface area contributed by atoms with Crippen LogP contribution in [-0.4, -0.2) is 75.9 Å². The Bertz CT molecular complexity index is 1050. The van der Waals surface area contributed by atoms with Crippen LogP contribution in [0.4, 0.5) is 0 Å². The van der Waals surface area contributed by atoms with Gasteiger partial charge in [0.15, 0.2) is 9.84 Å². The predicted octanol–water partition coefficient (Wildman–Crippen LogP) is 2.78. The van der Waals surface area contributed by atoms with Gasteiger partial charge in [-0.05, 0) is 36.2 Å². The summed E-state index contributed by atoms with van der Waals surface area (Å²) >= 11 is 1.49. The molecule has 0 aromatic heterocycles. The molecule has 2 fully saturated rings. The van der Waals surface area contributed by atoms with Crippen molar-refractivity contribution in [2.75, 3.05) is 51.5 Å². The maximum absolute atomic E-state index is 13.2. The van der Waals surface area contributed by atoms with Crippen molar-refractivity contribution in [1.29, 1.82) is 0 Å². The lowest BCUT2D eigenvalue weighted by atomic mass is 10.0. The summed E-state index contributed by atoms with van der Waals surface area (Å²) in [5.74, 6) is 1.04. The average Bonchev–Trinajstić information content (AvgIpc) is 3.18. The SMILES string of the molecule is COc1ccc([C@H](CNC(=O)c2ccccc2S[C@H]2CCS(=O)(=O)C2)N2CCOCC2)cc1. The van der Waals surface area contributed by atoms with E-state index in [-0.39, 0.29) is 28.7 Å². The maximum atomic E-state index is 13.2. The highest BCUT2D eigenvalue weighted by atomic mass is 32.2. The van der Waals surface area contributed by atoms with Gasteiger partial charge in [-0.2, -0.15) is 0 Å². The fourth-order valence-electron chi connectivity index (χ4n) is 4.25. The minimum absolute atomic E-state index is 0.00986. The van der Waals surface area contributed by atoms with Crippen molar-refractivity contribution in [1.82, 2.24) is 10.2 Å². The third-order valence-electron chi connectivity index (χ3n) is 6.06. The highest BCUT2D eigenvalue weighted by Gasteiger charge is 2.30. The van der Waals surface area contributed by atoms with Crippen LogP contribution in [0, 0.1) is 0 Å². The molecule has 0 unspecified atom stereocenters. The van der Waals surface area contributed by atoms with Gasteiger partial charge in [0.05, 0.1) is 43.4 Å². The molecular formula is C24H30N2O5S2. The smallest absolute Gasteiger partial charge is 0.252 e. The summed E-state index contributed by atoms with van der Waals surface area (Å²) in [6, 6.07) is 15.4. The molecule has 0 saturated carbocycles. The van der Waals surface area contributed by atoms with Crippen LogP contribution in [0.15, 0.2) is 53.4 Å². The molecule has 1 N–H and O–H groups in total. The van der Waals surface area contributed by atoms with Crippen LogP contribution in [0.1, 0.15) is 28.4 Å². The number of carbonyl (C=O) groups is 1. The van der Waals surface area contributed by atoms with Crippen molar-refractivity contribution in [2.24, 2.45) is 0 Å². The first kappa shape index (κ1) is 24.1. The number of hydrogen-bond donors (Lipinski definition) is 1. The molecule has 1 amide bonds. The first-order chi connectivity index (χ1) is 15.9. The molecule has 2 aliphatic rings. The number of thioether (sulfide) groups is 1. The Labute approximate surface area is 199 Å².